The Labute approximate surface area is 206 Å². The molecule has 0 aliphatic rings. The van der Waals surface area contributed by atoms with E-state index in [-0.39, 0.29) is 11.0 Å². The van der Waals surface area contributed by atoms with Crippen LogP contribution in [0.25, 0.3) is 28.0 Å². The van der Waals surface area contributed by atoms with Gasteiger partial charge < -0.3 is 14.0 Å². The number of hydrogen-bond acceptors (Lipinski definition) is 6. The van der Waals surface area contributed by atoms with Crippen molar-refractivity contribution in [1.82, 2.24) is 14.5 Å². The van der Waals surface area contributed by atoms with E-state index in [0.29, 0.717) is 19.8 Å². The van der Waals surface area contributed by atoms with Crippen molar-refractivity contribution in [3.63, 3.8) is 0 Å². The Balaban J connectivity index is 1.68. The molecule has 0 fully saturated rings. The predicted octanol–water partition coefficient (Wildman–Crippen LogP) is 5.38. The van der Waals surface area contributed by atoms with Crippen LogP contribution in [0.4, 0.5) is 0 Å². The molecule has 2 heterocycles. The van der Waals surface area contributed by atoms with Gasteiger partial charge in [-0.2, -0.15) is 0 Å². The second kappa shape index (κ2) is 11.1. The highest BCUT2D eigenvalue weighted by Crippen LogP contribution is 2.27. The predicted molar refractivity (Wildman–Crippen MR) is 139 cm³/mol. The van der Waals surface area contributed by atoms with Crippen molar-refractivity contribution in [2.45, 2.75) is 51.3 Å². The van der Waals surface area contributed by atoms with Crippen molar-refractivity contribution in [3.8, 4) is 0 Å². The first kappa shape index (κ1) is 25.0. The third kappa shape index (κ3) is 5.96. The monoisotopic (exact) mass is 493 g/mol. The summed E-state index contributed by atoms with van der Waals surface area (Å²) in [6.45, 7) is 8.48. The van der Waals surface area contributed by atoms with Crippen molar-refractivity contribution in [2.75, 3.05) is 13.2 Å². The molecule has 0 amide bonds. The molecule has 0 atom stereocenters. The fourth-order valence-corrected chi connectivity index (χ4v) is 4.96. The maximum atomic E-state index is 12.6. The molecule has 0 N–H and O–H groups in total. The average molecular weight is 494 g/mol. The Bertz CT molecular complexity index is 1430. The molecule has 0 spiro atoms. The van der Waals surface area contributed by atoms with Gasteiger partial charge in [0.2, 0.25) is 0 Å². The first-order valence-electron chi connectivity index (χ1n) is 11.8. The summed E-state index contributed by atoms with van der Waals surface area (Å²) in [6, 6.07) is 14.2. The summed E-state index contributed by atoms with van der Waals surface area (Å²) in [4.78, 5) is 9.65. The van der Waals surface area contributed by atoms with Crippen LogP contribution >= 0.6 is 0 Å². The number of aryl methyl sites for hydroxylation is 1. The molecule has 7 nitrogen and oxygen atoms in total. The summed E-state index contributed by atoms with van der Waals surface area (Å²) in [7, 11) is -3.52. The van der Waals surface area contributed by atoms with Gasteiger partial charge in [0, 0.05) is 30.6 Å². The SMILES string of the molecule is CCOCc1nc2cnc3cc(C=CS(=O)(=O)c4ccccc4)ccc3c2n1CCCOC(C)C. The topological polar surface area (TPSA) is 83.3 Å². The number of benzene rings is 2. The number of nitrogens with zero attached hydrogens (tertiary/aromatic N) is 3. The lowest BCUT2D eigenvalue weighted by atomic mass is 10.1. The zero-order valence-electron chi connectivity index (χ0n) is 20.3. The van der Waals surface area contributed by atoms with E-state index in [1.54, 1.807) is 42.6 Å². The van der Waals surface area contributed by atoms with E-state index in [2.05, 4.69) is 9.55 Å². The Kier molecular flexibility index (Phi) is 7.95. The number of rotatable bonds is 11. The highest BCUT2D eigenvalue weighted by Gasteiger charge is 2.15. The molecular formula is C27H31N3O4S. The average Bonchev–Trinajstić information content (AvgIpc) is 3.22. The van der Waals surface area contributed by atoms with E-state index in [4.69, 9.17) is 14.5 Å². The van der Waals surface area contributed by atoms with Crippen molar-refractivity contribution in [3.05, 3.63) is 71.5 Å². The summed E-state index contributed by atoms with van der Waals surface area (Å²) < 4.78 is 38.8. The van der Waals surface area contributed by atoms with Crippen LogP contribution in [0.5, 0.6) is 0 Å². The normalized spacial score (nSPS) is 12.5. The lowest BCUT2D eigenvalue weighted by Crippen LogP contribution is -2.10. The van der Waals surface area contributed by atoms with Gasteiger partial charge in [0.25, 0.3) is 0 Å². The molecule has 8 heteroatoms. The molecule has 0 saturated heterocycles. The minimum atomic E-state index is -3.52. The number of fused-ring (bicyclic) bond motifs is 3. The van der Waals surface area contributed by atoms with Crippen molar-refractivity contribution in [1.29, 1.82) is 0 Å². The molecule has 35 heavy (non-hydrogen) atoms. The minimum Gasteiger partial charge on any atom is -0.379 e. The number of pyridine rings is 1. The van der Waals surface area contributed by atoms with E-state index < -0.39 is 9.84 Å². The van der Waals surface area contributed by atoms with Crippen LogP contribution in [0.15, 0.2) is 65.0 Å². The van der Waals surface area contributed by atoms with Gasteiger partial charge in [-0.3, -0.25) is 4.98 Å². The molecule has 0 saturated carbocycles. The van der Waals surface area contributed by atoms with Gasteiger partial charge in [-0.15, -0.1) is 0 Å². The molecule has 0 radical (unpaired) electrons. The first-order valence-corrected chi connectivity index (χ1v) is 13.4. The van der Waals surface area contributed by atoms with E-state index in [1.807, 2.05) is 39.0 Å². The maximum absolute atomic E-state index is 12.6. The summed E-state index contributed by atoms with van der Waals surface area (Å²) in [5.41, 5.74) is 3.35. The van der Waals surface area contributed by atoms with Gasteiger partial charge in [0.05, 0.1) is 28.2 Å². The second-order valence-corrected chi connectivity index (χ2v) is 10.4. The number of imidazole rings is 1. The zero-order valence-corrected chi connectivity index (χ0v) is 21.2. The Morgan fingerprint density at radius 1 is 1.09 bits per heavy atom. The number of hydrogen-bond donors (Lipinski definition) is 0. The van der Waals surface area contributed by atoms with Crippen LogP contribution in [0.1, 0.15) is 38.6 Å². The molecule has 0 aliphatic heterocycles. The minimum absolute atomic E-state index is 0.194. The molecule has 2 aromatic heterocycles. The number of aromatic nitrogens is 3. The van der Waals surface area contributed by atoms with Crippen LogP contribution in [0, 0.1) is 0 Å². The summed E-state index contributed by atoms with van der Waals surface area (Å²) in [5, 5.41) is 2.20. The molecule has 2 aromatic carbocycles. The first-order chi connectivity index (χ1) is 16.9. The fourth-order valence-electron chi connectivity index (χ4n) is 3.93. The molecule has 0 unspecified atom stereocenters. The van der Waals surface area contributed by atoms with Crippen LogP contribution in [0.3, 0.4) is 0 Å². The van der Waals surface area contributed by atoms with Gasteiger partial charge in [0.15, 0.2) is 9.84 Å². The summed E-state index contributed by atoms with van der Waals surface area (Å²) in [6.07, 6.45) is 4.42. The third-order valence-electron chi connectivity index (χ3n) is 5.60. The van der Waals surface area contributed by atoms with Crippen LogP contribution < -0.4 is 0 Å². The molecule has 4 aromatic rings. The Hall–Kier alpha value is -3.07. The van der Waals surface area contributed by atoms with E-state index in [9.17, 15) is 8.42 Å². The number of sulfone groups is 1. The molecule has 184 valence electrons. The van der Waals surface area contributed by atoms with Crippen LogP contribution in [0.2, 0.25) is 0 Å². The maximum Gasteiger partial charge on any atom is 0.199 e. The highest BCUT2D eigenvalue weighted by molar-refractivity contribution is 7.94. The molecular weight excluding hydrogens is 462 g/mol. The second-order valence-electron chi connectivity index (χ2n) is 8.52. The van der Waals surface area contributed by atoms with Gasteiger partial charge in [0.1, 0.15) is 17.9 Å². The fraction of sp³-hybridized carbons (Fsp3) is 0.333. The lowest BCUT2D eigenvalue weighted by Gasteiger charge is -2.12. The molecule has 0 bridgehead atoms. The van der Waals surface area contributed by atoms with E-state index >= 15 is 0 Å². The Morgan fingerprint density at radius 3 is 2.63 bits per heavy atom. The van der Waals surface area contributed by atoms with Crippen LogP contribution in [-0.4, -0.2) is 42.3 Å². The van der Waals surface area contributed by atoms with Gasteiger partial charge >= 0.3 is 0 Å². The van der Waals surface area contributed by atoms with E-state index in [0.717, 1.165) is 46.3 Å². The smallest absolute Gasteiger partial charge is 0.199 e. The van der Waals surface area contributed by atoms with Gasteiger partial charge in [-0.1, -0.05) is 30.3 Å². The van der Waals surface area contributed by atoms with Gasteiger partial charge in [-0.05, 0) is 57.0 Å². The largest absolute Gasteiger partial charge is 0.379 e. The third-order valence-corrected chi connectivity index (χ3v) is 7.02. The highest BCUT2D eigenvalue weighted by atomic mass is 32.2. The molecule has 4 rings (SSSR count). The summed E-state index contributed by atoms with van der Waals surface area (Å²) in [5.74, 6) is 0.860. The quantitative estimate of drug-likeness (QED) is 0.261. The van der Waals surface area contributed by atoms with E-state index in [1.165, 1.54) is 5.41 Å². The lowest BCUT2D eigenvalue weighted by molar-refractivity contribution is 0.0742. The Morgan fingerprint density at radius 2 is 1.89 bits per heavy atom. The number of ether oxygens (including phenoxy) is 2. The van der Waals surface area contributed by atoms with Crippen molar-refractivity contribution >= 4 is 37.8 Å². The molecule has 0 aliphatic carbocycles. The zero-order chi connectivity index (χ0) is 24.8. The standard InChI is InChI=1S/C27H31N3O4S/c1-4-33-19-26-29-25-18-28-24-17-21(13-16-35(31,32)22-9-6-5-7-10-22)11-12-23(24)27(25)30(26)14-8-15-34-20(2)3/h5-7,9-13,16-18,20H,4,8,14-15,19H2,1-3H3. The van der Waals surface area contributed by atoms with Crippen molar-refractivity contribution < 1.29 is 17.9 Å². The van der Waals surface area contributed by atoms with Gasteiger partial charge in [-0.25, -0.2) is 13.4 Å². The summed E-state index contributed by atoms with van der Waals surface area (Å²) >= 11 is 0. The van der Waals surface area contributed by atoms with Crippen LogP contribution in [-0.2, 0) is 32.5 Å². The van der Waals surface area contributed by atoms with Crippen molar-refractivity contribution in [2.24, 2.45) is 0 Å².